The largest absolute Gasteiger partial charge is 0.481 e. The maximum absolute atomic E-state index is 11.6. The van der Waals surface area contributed by atoms with Gasteiger partial charge in [-0.3, -0.25) is 14.6 Å². The molecule has 0 radical (unpaired) electrons. The zero-order chi connectivity index (χ0) is 14.6. The molecule has 0 aliphatic heterocycles. The van der Waals surface area contributed by atoms with Crippen molar-refractivity contribution >= 4 is 11.9 Å². The Morgan fingerprint density at radius 3 is 2.65 bits per heavy atom. The number of aryl methyl sites for hydroxylation is 1. The van der Waals surface area contributed by atoms with Crippen LogP contribution in [0.15, 0.2) is 24.5 Å². The molecule has 110 valence electrons. The van der Waals surface area contributed by atoms with E-state index >= 15 is 0 Å². The zero-order valence-corrected chi connectivity index (χ0v) is 11.7. The second-order valence-corrected chi connectivity index (χ2v) is 4.77. The van der Waals surface area contributed by atoms with Crippen molar-refractivity contribution in [3.05, 3.63) is 30.1 Å². The molecule has 0 spiro atoms. The van der Waals surface area contributed by atoms with Gasteiger partial charge in [0.05, 0.1) is 0 Å². The molecule has 20 heavy (non-hydrogen) atoms. The summed E-state index contributed by atoms with van der Waals surface area (Å²) in [6.45, 7) is 0.666. The average Bonchev–Trinajstić information content (AvgIpc) is 2.45. The van der Waals surface area contributed by atoms with E-state index in [-0.39, 0.29) is 12.3 Å². The quantitative estimate of drug-likeness (QED) is 0.643. The minimum absolute atomic E-state index is 0.0550. The fourth-order valence-corrected chi connectivity index (χ4v) is 1.87. The number of carbonyl (C=O) groups excluding carboxylic acids is 1. The van der Waals surface area contributed by atoms with Crippen LogP contribution in [0.1, 0.15) is 44.1 Å². The molecule has 5 heteroatoms. The first-order valence-corrected chi connectivity index (χ1v) is 7.06. The number of aromatic nitrogens is 1. The summed E-state index contributed by atoms with van der Waals surface area (Å²) in [5.74, 6) is -0.687. The molecule has 1 amide bonds. The van der Waals surface area contributed by atoms with Gasteiger partial charge in [0.1, 0.15) is 0 Å². The normalized spacial score (nSPS) is 10.2. The molecular weight excluding hydrogens is 256 g/mol. The summed E-state index contributed by atoms with van der Waals surface area (Å²) in [7, 11) is 0. The Bertz CT molecular complexity index is 407. The molecule has 0 fully saturated rings. The highest BCUT2D eigenvalue weighted by Crippen LogP contribution is 2.03. The van der Waals surface area contributed by atoms with E-state index in [1.165, 1.54) is 0 Å². The molecule has 0 unspecified atom stereocenters. The number of unbranched alkanes of at least 4 members (excludes halogenated alkanes) is 3. The van der Waals surface area contributed by atoms with E-state index < -0.39 is 5.97 Å². The standard InChI is InChI=1S/C15H22N2O3/c18-14(9-8-13-6-5-10-16-12-13)17-11-4-2-1-3-7-15(19)20/h5-6,10,12H,1-4,7-9,11H2,(H,17,18)(H,19,20). The summed E-state index contributed by atoms with van der Waals surface area (Å²) >= 11 is 0. The maximum atomic E-state index is 11.6. The molecule has 0 saturated carbocycles. The van der Waals surface area contributed by atoms with Gasteiger partial charge in [0.25, 0.3) is 0 Å². The summed E-state index contributed by atoms with van der Waals surface area (Å²) in [6.07, 6.45) is 8.38. The number of hydrogen-bond donors (Lipinski definition) is 2. The Hall–Kier alpha value is -1.91. The van der Waals surface area contributed by atoms with Crippen LogP contribution in [-0.2, 0) is 16.0 Å². The van der Waals surface area contributed by atoms with Crippen LogP contribution in [0.25, 0.3) is 0 Å². The van der Waals surface area contributed by atoms with Gasteiger partial charge in [0, 0.05) is 31.8 Å². The van der Waals surface area contributed by atoms with Crippen LogP contribution in [0.5, 0.6) is 0 Å². The van der Waals surface area contributed by atoms with Gasteiger partial charge in [-0.2, -0.15) is 0 Å². The molecule has 0 aliphatic carbocycles. The van der Waals surface area contributed by atoms with Gasteiger partial charge in [-0.05, 0) is 30.9 Å². The molecule has 0 saturated heterocycles. The number of carbonyl (C=O) groups is 2. The van der Waals surface area contributed by atoms with Crippen molar-refractivity contribution in [2.75, 3.05) is 6.54 Å². The highest BCUT2D eigenvalue weighted by Gasteiger charge is 2.02. The van der Waals surface area contributed by atoms with Gasteiger partial charge in [-0.15, -0.1) is 0 Å². The summed E-state index contributed by atoms with van der Waals surface area (Å²) < 4.78 is 0. The van der Waals surface area contributed by atoms with Crippen LogP contribution in [0.4, 0.5) is 0 Å². The monoisotopic (exact) mass is 278 g/mol. The number of carboxylic acid groups (broad SMARTS) is 1. The molecule has 5 nitrogen and oxygen atoms in total. The van der Waals surface area contributed by atoms with Crippen molar-refractivity contribution in [3.8, 4) is 0 Å². The fourth-order valence-electron chi connectivity index (χ4n) is 1.87. The minimum atomic E-state index is -0.742. The van der Waals surface area contributed by atoms with Crippen molar-refractivity contribution in [2.45, 2.75) is 44.9 Å². The van der Waals surface area contributed by atoms with Gasteiger partial charge >= 0.3 is 5.97 Å². The van der Waals surface area contributed by atoms with E-state index in [1.54, 1.807) is 12.4 Å². The lowest BCUT2D eigenvalue weighted by Gasteiger charge is -2.05. The molecule has 1 rings (SSSR count). The van der Waals surface area contributed by atoms with E-state index in [9.17, 15) is 9.59 Å². The molecule has 1 aromatic rings. The van der Waals surface area contributed by atoms with Crippen molar-refractivity contribution < 1.29 is 14.7 Å². The summed E-state index contributed by atoms with van der Waals surface area (Å²) in [4.78, 5) is 25.9. The Morgan fingerprint density at radius 1 is 1.15 bits per heavy atom. The Kier molecular flexibility index (Phi) is 8.03. The van der Waals surface area contributed by atoms with Crippen molar-refractivity contribution in [1.82, 2.24) is 10.3 Å². The SMILES string of the molecule is O=C(O)CCCCCCNC(=O)CCc1cccnc1. The highest BCUT2D eigenvalue weighted by molar-refractivity contribution is 5.76. The van der Waals surface area contributed by atoms with Gasteiger partial charge < -0.3 is 10.4 Å². The number of nitrogens with one attached hydrogen (secondary N) is 1. The predicted octanol–water partition coefficient (Wildman–Crippen LogP) is 2.17. The van der Waals surface area contributed by atoms with Crippen LogP contribution < -0.4 is 5.32 Å². The zero-order valence-electron chi connectivity index (χ0n) is 11.7. The molecule has 2 N–H and O–H groups in total. The third-order valence-electron chi connectivity index (χ3n) is 3.00. The van der Waals surface area contributed by atoms with E-state index in [4.69, 9.17) is 5.11 Å². The number of hydrogen-bond acceptors (Lipinski definition) is 3. The predicted molar refractivity (Wildman–Crippen MR) is 76.3 cm³/mol. The van der Waals surface area contributed by atoms with E-state index in [2.05, 4.69) is 10.3 Å². The van der Waals surface area contributed by atoms with Crippen LogP contribution in [0, 0.1) is 0 Å². The minimum Gasteiger partial charge on any atom is -0.481 e. The maximum Gasteiger partial charge on any atom is 0.303 e. The molecular formula is C15H22N2O3. The lowest BCUT2D eigenvalue weighted by Crippen LogP contribution is -2.24. The van der Waals surface area contributed by atoms with Crippen LogP contribution in [0.2, 0.25) is 0 Å². The Morgan fingerprint density at radius 2 is 1.95 bits per heavy atom. The van der Waals surface area contributed by atoms with Crippen molar-refractivity contribution in [1.29, 1.82) is 0 Å². The first-order valence-electron chi connectivity index (χ1n) is 7.06. The van der Waals surface area contributed by atoms with Gasteiger partial charge in [-0.25, -0.2) is 0 Å². The third kappa shape index (κ3) is 8.24. The van der Waals surface area contributed by atoms with Gasteiger partial charge in [0.15, 0.2) is 0 Å². The Balaban J connectivity index is 1.96. The lowest BCUT2D eigenvalue weighted by atomic mass is 10.1. The second-order valence-electron chi connectivity index (χ2n) is 4.77. The number of nitrogens with zero attached hydrogens (tertiary/aromatic N) is 1. The first kappa shape index (κ1) is 16.1. The van der Waals surface area contributed by atoms with Gasteiger partial charge in [-0.1, -0.05) is 18.9 Å². The molecule has 0 aliphatic rings. The van der Waals surface area contributed by atoms with Crippen molar-refractivity contribution in [3.63, 3.8) is 0 Å². The van der Waals surface area contributed by atoms with E-state index in [1.807, 2.05) is 12.1 Å². The number of carboxylic acids is 1. The summed E-state index contributed by atoms with van der Waals surface area (Å²) in [5.41, 5.74) is 1.07. The fraction of sp³-hybridized carbons (Fsp3) is 0.533. The smallest absolute Gasteiger partial charge is 0.303 e. The van der Waals surface area contributed by atoms with E-state index in [0.717, 1.165) is 24.8 Å². The molecule has 1 heterocycles. The number of pyridine rings is 1. The van der Waals surface area contributed by atoms with Crippen molar-refractivity contribution in [2.24, 2.45) is 0 Å². The van der Waals surface area contributed by atoms with Crippen LogP contribution in [-0.4, -0.2) is 28.5 Å². The highest BCUT2D eigenvalue weighted by atomic mass is 16.4. The molecule has 1 aromatic heterocycles. The molecule has 0 bridgehead atoms. The number of amides is 1. The number of aliphatic carboxylic acids is 1. The number of rotatable bonds is 10. The summed E-state index contributed by atoms with van der Waals surface area (Å²) in [6, 6.07) is 3.83. The van der Waals surface area contributed by atoms with Crippen LogP contribution >= 0.6 is 0 Å². The topological polar surface area (TPSA) is 79.3 Å². The third-order valence-corrected chi connectivity index (χ3v) is 3.00. The van der Waals surface area contributed by atoms with Gasteiger partial charge in [0.2, 0.25) is 5.91 Å². The molecule has 0 aromatic carbocycles. The first-order chi connectivity index (χ1) is 9.68. The Labute approximate surface area is 119 Å². The van der Waals surface area contributed by atoms with Crippen LogP contribution in [0.3, 0.4) is 0 Å². The summed E-state index contributed by atoms with van der Waals surface area (Å²) in [5, 5.41) is 11.4. The molecule has 0 atom stereocenters. The van der Waals surface area contributed by atoms with E-state index in [0.29, 0.717) is 25.8 Å². The average molecular weight is 278 g/mol. The lowest BCUT2D eigenvalue weighted by molar-refractivity contribution is -0.137. The second kappa shape index (κ2) is 9.95.